The van der Waals surface area contributed by atoms with E-state index in [9.17, 15) is 14.0 Å². The Bertz CT molecular complexity index is 429. The van der Waals surface area contributed by atoms with E-state index >= 15 is 0 Å². The highest BCUT2D eigenvalue weighted by atomic mass is 19.1. The van der Waals surface area contributed by atoms with E-state index in [1.807, 2.05) is 6.92 Å². The van der Waals surface area contributed by atoms with Gasteiger partial charge in [0.05, 0.1) is 17.7 Å². The van der Waals surface area contributed by atoms with E-state index < -0.39 is 17.8 Å². The van der Waals surface area contributed by atoms with Crippen molar-refractivity contribution < 1.29 is 23.8 Å². The van der Waals surface area contributed by atoms with Crippen molar-refractivity contribution in [2.75, 3.05) is 6.61 Å². The van der Waals surface area contributed by atoms with Gasteiger partial charge in [-0.25, -0.2) is 14.0 Å². The molecule has 0 saturated heterocycles. The van der Waals surface area contributed by atoms with Gasteiger partial charge in [-0.15, -0.1) is 0 Å². The van der Waals surface area contributed by atoms with Crippen LogP contribution in [0.3, 0.4) is 0 Å². The number of hydrogen-bond donors (Lipinski definition) is 1. The van der Waals surface area contributed by atoms with Gasteiger partial charge in [-0.2, -0.15) is 0 Å². The molecule has 0 spiro atoms. The molecule has 0 unspecified atom stereocenters. The van der Waals surface area contributed by atoms with Crippen molar-refractivity contribution in [2.45, 2.75) is 19.8 Å². The first-order chi connectivity index (χ1) is 8.06. The Morgan fingerprint density at radius 3 is 2.65 bits per heavy atom. The number of benzene rings is 1. The quantitative estimate of drug-likeness (QED) is 0.634. The van der Waals surface area contributed by atoms with Crippen molar-refractivity contribution in [1.29, 1.82) is 0 Å². The Kier molecular flexibility index (Phi) is 4.63. The van der Waals surface area contributed by atoms with Crippen molar-refractivity contribution >= 4 is 11.9 Å². The minimum atomic E-state index is -1.35. The molecule has 1 N–H and O–H groups in total. The number of esters is 1. The molecule has 0 radical (unpaired) electrons. The number of halogens is 1. The van der Waals surface area contributed by atoms with Crippen LogP contribution in [0.2, 0.25) is 0 Å². The highest BCUT2D eigenvalue weighted by molar-refractivity contribution is 6.02. The maximum absolute atomic E-state index is 12.9. The fourth-order valence-corrected chi connectivity index (χ4v) is 1.26. The summed E-state index contributed by atoms with van der Waals surface area (Å²) in [6.07, 6.45) is 1.57. The summed E-state index contributed by atoms with van der Waals surface area (Å²) in [6.45, 7) is 2.17. The molecule has 5 heteroatoms. The lowest BCUT2D eigenvalue weighted by Gasteiger charge is -2.06. The topological polar surface area (TPSA) is 63.6 Å². The molecule has 4 nitrogen and oxygen atoms in total. The largest absolute Gasteiger partial charge is 0.478 e. The van der Waals surface area contributed by atoms with Gasteiger partial charge in [-0.3, -0.25) is 0 Å². The van der Waals surface area contributed by atoms with Gasteiger partial charge in [0.15, 0.2) is 0 Å². The summed E-state index contributed by atoms with van der Waals surface area (Å²) >= 11 is 0. The molecular weight excluding hydrogens is 227 g/mol. The van der Waals surface area contributed by atoms with Gasteiger partial charge >= 0.3 is 11.9 Å². The molecule has 0 amide bonds. The first-order valence-electron chi connectivity index (χ1n) is 5.26. The molecule has 0 aliphatic heterocycles. The Morgan fingerprint density at radius 1 is 1.35 bits per heavy atom. The van der Waals surface area contributed by atoms with Crippen LogP contribution < -0.4 is 0 Å². The molecule has 0 aromatic heterocycles. The number of rotatable bonds is 5. The minimum absolute atomic E-state index is 0.130. The number of carbonyl (C=O) groups excluding carboxylic acids is 1. The third-order valence-corrected chi connectivity index (χ3v) is 2.16. The van der Waals surface area contributed by atoms with Crippen LogP contribution in [0, 0.1) is 5.82 Å². The number of hydrogen-bond acceptors (Lipinski definition) is 3. The zero-order valence-electron chi connectivity index (χ0n) is 9.40. The lowest BCUT2D eigenvalue weighted by atomic mass is 10.1. The Labute approximate surface area is 98.0 Å². The third-order valence-electron chi connectivity index (χ3n) is 2.16. The van der Waals surface area contributed by atoms with E-state index in [4.69, 9.17) is 9.84 Å². The van der Waals surface area contributed by atoms with Crippen molar-refractivity contribution in [3.8, 4) is 0 Å². The maximum atomic E-state index is 12.9. The third kappa shape index (κ3) is 3.55. The molecule has 0 heterocycles. The lowest BCUT2D eigenvalue weighted by Crippen LogP contribution is -2.12. The number of ether oxygens (including phenoxy) is 1. The molecule has 0 bridgehead atoms. The van der Waals surface area contributed by atoms with Crippen LogP contribution in [0.1, 0.15) is 40.5 Å². The van der Waals surface area contributed by atoms with E-state index in [-0.39, 0.29) is 17.7 Å². The highest BCUT2D eigenvalue weighted by Gasteiger charge is 2.18. The molecule has 0 aliphatic rings. The van der Waals surface area contributed by atoms with Crippen LogP contribution in [0.5, 0.6) is 0 Å². The van der Waals surface area contributed by atoms with Crippen LogP contribution in [-0.2, 0) is 4.74 Å². The molecular formula is C12H13FO4. The standard InChI is InChI=1S/C12H13FO4/c1-2-3-6-17-12(16)9-5-4-8(13)7-10(9)11(14)15/h4-5,7H,2-3,6H2,1H3,(H,14,15). The van der Waals surface area contributed by atoms with Crippen molar-refractivity contribution in [2.24, 2.45) is 0 Å². The van der Waals surface area contributed by atoms with Gasteiger partial charge in [-0.1, -0.05) is 13.3 Å². The number of carboxylic acids is 1. The average Bonchev–Trinajstić information content (AvgIpc) is 2.29. The molecule has 1 aromatic carbocycles. The van der Waals surface area contributed by atoms with Crippen LogP contribution in [0.25, 0.3) is 0 Å². The van der Waals surface area contributed by atoms with E-state index in [0.717, 1.165) is 24.6 Å². The summed E-state index contributed by atoms with van der Waals surface area (Å²) in [6, 6.07) is 2.95. The average molecular weight is 240 g/mol. The summed E-state index contributed by atoms with van der Waals surface area (Å²) in [7, 11) is 0. The second kappa shape index (κ2) is 5.98. The molecule has 1 rings (SSSR count). The normalized spacial score (nSPS) is 10.0. The van der Waals surface area contributed by atoms with E-state index in [0.29, 0.717) is 6.42 Å². The SMILES string of the molecule is CCCCOC(=O)c1ccc(F)cc1C(=O)O. The van der Waals surface area contributed by atoms with Crippen LogP contribution in [0.4, 0.5) is 4.39 Å². The van der Waals surface area contributed by atoms with E-state index in [2.05, 4.69) is 0 Å². The zero-order valence-corrected chi connectivity index (χ0v) is 9.40. The van der Waals surface area contributed by atoms with E-state index in [1.54, 1.807) is 0 Å². The lowest BCUT2D eigenvalue weighted by molar-refractivity contribution is 0.0489. The molecule has 0 atom stereocenters. The zero-order chi connectivity index (χ0) is 12.8. The smallest absolute Gasteiger partial charge is 0.339 e. The van der Waals surface area contributed by atoms with Gasteiger partial charge in [-0.05, 0) is 24.6 Å². The van der Waals surface area contributed by atoms with Crippen molar-refractivity contribution in [3.05, 3.63) is 35.1 Å². The second-order valence-corrected chi connectivity index (χ2v) is 3.48. The Morgan fingerprint density at radius 2 is 2.06 bits per heavy atom. The Hall–Kier alpha value is -1.91. The fraction of sp³-hybridized carbons (Fsp3) is 0.333. The van der Waals surface area contributed by atoms with Gasteiger partial charge in [0, 0.05) is 0 Å². The minimum Gasteiger partial charge on any atom is -0.478 e. The van der Waals surface area contributed by atoms with Crippen LogP contribution in [-0.4, -0.2) is 23.7 Å². The molecule has 0 aliphatic carbocycles. The first-order valence-corrected chi connectivity index (χ1v) is 5.26. The molecule has 0 fully saturated rings. The summed E-state index contributed by atoms with van der Waals surface area (Å²) in [5, 5.41) is 8.84. The fourth-order valence-electron chi connectivity index (χ4n) is 1.26. The molecule has 17 heavy (non-hydrogen) atoms. The van der Waals surface area contributed by atoms with Gasteiger partial charge in [0.2, 0.25) is 0 Å². The number of carboxylic acid groups (broad SMARTS) is 1. The van der Waals surface area contributed by atoms with Crippen LogP contribution in [0.15, 0.2) is 18.2 Å². The number of unbranched alkanes of at least 4 members (excludes halogenated alkanes) is 1. The second-order valence-electron chi connectivity index (χ2n) is 3.48. The Balaban J connectivity index is 2.89. The maximum Gasteiger partial charge on any atom is 0.339 e. The van der Waals surface area contributed by atoms with Crippen molar-refractivity contribution in [1.82, 2.24) is 0 Å². The molecule has 92 valence electrons. The van der Waals surface area contributed by atoms with E-state index in [1.165, 1.54) is 0 Å². The predicted octanol–water partition coefficient (Wildman–Crippen LogP) is 2.48. The molecule has 0 saturated carbocycles. The van der Waals surface area contributed by atoms with Crippen molar-refractivity contribution in [3.63, 3.8) is 0 Å². The van der Waals surface area contributed by atoms with Crippen LogP contribution >= 0.6 is 0 Å². The predicted molar refractivity (Wildman–Crippen MR) is 58.5 cm³/mol. The van der Waals surface area contributed by atoms with Gasteiger partial charge < -0.3 is 9.84 Å². The number of aromatic carboxylic acids is 1. The highest BCUT2D eigenvalue weighted by Crippen LogP contribution is 2.13. The van der Waals surface area contributed by atoms with Gasteiger partial charge in [0.1, 0.15) is 5.82 Å². The first kappa shape index (κ1) is 13.2. The van der Waals surface area contributed by atoms with Gasteiger partial charge in [0.25, 0.3) is 0 Å². The molecule has 1 aromatic rings. The summed E-state index contributed by atoms with van der Waals surface area (Å²) in [4.78, 5) is 22.4. The summed E-state index contributed by atoms with van der Waals surface area (Å²) in [5.41, 5.74) is -0.512. The number of carbonyl (C=O) groups is 2. The monoisotopic (exact) mass is 240 g/mol. The summed E-state index contributed by atoms with van der Waals surface area (Å²) < 4.78 is 17.7. The summed E-state index contributed by atoms with van der Waals surface area (Å²) in [5.74, 6) is -2.80.